The van der Waals surface area contributed by atoms with Gasteiger partial charge >= 0.3 is 0 Å². The molecule has 1 unspecified atom stereocenters. The normalized spacial score (nSPS) is 25.8. The Hall–Kier alpha value is -0.380. The highest BCUT2D eigenvalue weighted by Crippen LogP contribution is 2.28. The fourth-order valence-electron chi connectivity index (χ4n) is 2.40. The molecule has 1 saturated heterocycles. The Balaban J connectivity index is 1.92. The zero-order valence-corrected chi connectivity index (χ0v) is 11.4. The zero-order valence-electron chi connectivity index (χ0n) is 10.6. The van der Waals surface area contributed by atoms with Crippen molar-refractivity contribution in [3.63, 3.8) is 0 Å². The lowest BCUT2D eigenvalue weighted by molar-refractivity contribution is 0.295. The fraction of sp³-hybridized carbons (Fsp3) is 0.917. The summed E-state index contributed by atoms with van der Waals surface area (Å²) in [6.45, 7) is 8.02. The van der Waals surface area contributed by atoms with E-state index in [0.29, 0.717) is 10.8 Å². The second-order valence-electron chi connectivity index (χ2n) is 5.34. The third kappa shape index (κ3) is 2.84. The van der Waals surface area contributed by atoms with Gasteiger partial charge in [-0.1, -0.05) is 13.8 Å². The Morgan fingerprint density at radius 2 is 2.31 bits per heavy atom. The highest BCUT2D eigenvalue weighted by atomic mass is 32.2. The van der Waals surface area contributed by atoms with E-state index in [4.69, 9.17) is 0 Å². The number of guanidine groups is 1. The van der Waals surface area contributed by atoms with Crippen LogP contribution in [0.25, 0.3) is 0 Å². The van der Waals surface area contributed by atoms with Gasteiger partial charge in [-0.3, -0.25) is 4.99 Å². The smallest absolute Gasteiger partial charge is 0.194 e. The van der Waals surface area contributed by atoms with E-state index in [-0.39, 0.29) is 0 Å². The summed E-state index contributed by atoms with van der Waals surface area (Å²) in [7, 11) is 0. The lowest BCUT2D eigenvalue weighted by atomic mass is 9.98. The highest BCUT2D eigenvalue weighted by Gasteiger charge is 2.29. The number of hydrogen-bond acceptors (Lipinski definition) is 4. The molecule has 0 spiro atoms. The molecule has 2 aliphatic heterocycles. The van der Waals surface area contributed by atoms with Crippen molar-refractivity contribution in [2.45, 2.75) is 43.9 Å². The van der Waals surface area contributed by atoms with Crippen LogP contribution in [0.1, 0.15) is 33.1 Å². The molecule has 16 heavy (non-hydrogen) atoms. The molecule has 0 saturated carbocycles. The van der Waals surface area contributed by atoms with Crippen LogP contribution in [0.2, 0.25) is 0 Å². The number of fused-ring (bicyclic) bond motifs is 1. The highest BCUT2D eigenvalue weighted by molar-refractivity contribution is 7.99. The van der Waals surface area contributed by atoms with Crippen molar-refractivity contribution in [2.24, 2.45) is 4.99 Å². The van der Waals surface area contributed by atoms with E-state index in [9.17, 15) is 0 Å². The van der Waals surface area contributed by atoms with Gasteiger partial charge in [-0.25, -0.2) is 0 Å². The summed E-state index contributed by atoms with van der Waals surface area (Å²) in [4.78, 5) is 6.98. The predicted octanol–water partition coefficient (Wildman–Crippen LogP) is 1.94. The standard InChI is InChI=1S/C12H23N3S/c1-12(2,16-3)9-10-5-8-15-7-4-6-13-11(15)14-10/h10H,4-9H2,1-3H3,(H,13,14). The first-order valence-electron chi connectivity index (χ1n) is 6.22. The van der Waals surface area contributed by atoms with Gasteiger partial charge in [0.05, 0.1) is 0 Å². The topological polar surface area (TPSA) is 27.6 Å². The monoisotopic (exact) mass is 241 g/mol. The summed E-state index contributed by atoms with van der Waals surface area (Å²) >= 11 is 1.96. The molecule has 0 aromatic heterocycles. The van der Waals surface area contributed by atoms with Crippen LogP contribution in [0.15, 0.2) is 4.99 Å². The van der Waals surface area contributed by atoms with Gasteiger partial charge < -0.3 is 10.2 Å². The van der Waals surface area contributed by atoms with Gasteiger partial charge in [-0.2, -0.15) is 11.8 Å². The minimum atomic E-state index is 0.370. The number of nitrogens with zero attached hydrogens (tertiary/aromatic N) is 2. The van der Waals surface area contributed by atoms with Gasteiger partial charge in [0, 0.05) is 30.4 Å². The van der Waals surface area contributed by atoms with E-state index in [1.54, 1.807) is 0 Å². The summed E-state index contributed by atoms with van der Waals surface area (Å²) in [6, 6.07) is 0.607. The molecule has 2 aliphatic rings. The maximum Gasteiger partial charge on any atom is 0.194 e. The molecule has 2 heterocycles. The molecular weight excluding hydrogens is 218 g/mol. The Bertz CT molecular complexity index is 275. The van der Waals surface area contributed by atoms with Gasteiger partial charge in [0.15, 0.2) is 5.96 Å². The Morgan fingerprint density at radius 3 is 3.06 bits per heavy atom. The van der Waals surface area contributed by atoms with Crippen molar-refractivity contribution < 1.29 is 0 Å². The third-order valence-electron chi connectivity index (χ3n) is 3.52. The average Bonchev–Trinajstić information content (AvgIpc) is 2.28. The first kappa shape index (κ1) is 12.1. The van der Waals surface area contributed by atoms with Crippen molar-refractivity contribution in [2.75, 3.05) is 25.9 Å². The molecule has 92 valence electrons. The van der Waals surface area contributed by atoms with Gasteiger partial charge in [0.25, 0.3) is 0 Å². The Morgan fingerprint density at radius 1 is 1.50 bits per heavy atom. The molecule has 4 heteroatoms. The molecule has 0 aromatic rings. The Labute approximate surface area is 103 Å². The number of aliphatic imine (C=N–C) groups is 1. The van der Waals surface area contributed by atoms with E-state index in [2.05, 4.69) is 35.3 Å². The van der Waals surface area contributed by atoms with Crippen LogP contribution in [0.4, 0.5) is 0 Å². The van der Waals surface area contributed by atoms with Crippen molar-refractivity contribution in [3.05, 3.63) is 0 Å². The SMILES string of the molecule is CSC(C)(C)CC1CCN2CCCN=C2N1. The molecule has 0 aliphatic carbocycles. The van der Waals surface area contributed by atoms with E-state index in [0.717, 1.165) is 12.5 Å². The quantitative estimate of drug-likeness (QED) is 0.818. The first-order chi connectivity index (χ1) is 7.61. The minimum Gasteiger partial charge on any atom is -0.353 e. The van der Waals surface area contributed by atoms with Crippen molar-refractivity contribution >= 4 is 17.7 Å². The van der Waals surface area contributed by atoms with Gasteiger partial charge in [0.2, 0.25) is 0 Å². The number of rotatable bonds is 3. The van der Waals surface area contributed by atoms with Crippen LogP contribution in [0.5, 0.6) is 0 Å². The van der Waals surface area contributed by atoms with Gasteiger partial charge in [0.1, 0.15) is 0 Å². The van der Waals surface area contributed by atoms with Crippen LogP contribution in [0.3, 0.4) is 0 Å². The minimum absolute atomic E-state index is 0.370. The largest absolute Gasteiger partial charge is 0.353 e. The summed E-state index contributed by atoms with van der Waals surface area (Å²) in [6.07, 6.45) is 5.89. The molecular formula is C12H23N3S. The lowest BCUT2D eigenvalue weighted by Crippen LogP contribution is -2.55. The molecule has 2 rings (SSSR count). The first-order valence-corrected chi connectivity index (χ1v) is 7.44. The zero-order chi connectivity index (χ0) is 11.6. The van der Waals surface area contributed by atoms with E-state index in [1.807, 2.05) is 11.8 Å². The maximum atomic E-state index is 4.58. The Kier molecular flexibility index (Phi) is 3.67. The molecule has 3 nitrogen and oxygen atoms in total. The van der Waals surface area contributed by atoms with Crippen LogP contribution in [0, 0.1) is 0 Å². The van der Waals surface area contributed by atoms with E-state index in [1.165, 1.54) is 32.4 Å². The third-order valence-corrected chi connectivity index (χ3v) is 4.79. The number of hydrogen-bond donors (Lipinski definition) is 1. The van der Waals surface area contributed by atoms with Crippen LogP contribution in [-0.4, -0.2) is 47.5 Å². The van der Waals surface area contributed by atoms with E-state index >= 15 is 0 Å². The fourth-order valence-corrected chi connectivity index (χ4v) is 2.77. The number of nitrogens with one attached hydrogen (secondary N) is 1. The molecule has 1 fully saturated rings. The molecule has 0 aromatic carbocycles. The van der Waals surface area contributed by atoms with Gasteiger partial charge in [-0.05, 0) is 25.5 Å². The molecule has 1 atom stereocenters. The molecule has 0 radical (unpaired) electrons. The second kappa shape index (κ2) is 4.86. The summed E-state index contributed by atoms with van der Waals surface area (Å²) in [5.41, 5.74) is 0. The molecule has 0 amide bonds. The van der Waals surface area contributed by atoms with E-state index < -0.39 is 0 Å². The van der Waals surface area contributed by atoms with Crippen LogP contribution < -0.4 is 5.32 Å². The van der Waals surface area contributed by atoms with Crippen molar-refractivity contribution in [3.8, 4) is 0 Å². The second-order valence-corrected chi connectivity index (χ2v) is 6.86. The lowest BCUT2D eigenvalue weighted by Gasteiger charge is -2.40. The summed E-state index contributed by atoms with van der Waals surface area (Å²) in [5, 5.41) is 3.61. The van der Waals surface area contributed by atoms with Crippen molar-refractivity contribution in [1.29, 1.82) is 0 Å². The number of thioether (sulfide) groups is 1. The summed E-state index contributed by atoms with van der Waals surface area (Å²) < 4.78 is 0.370. The maximum absolute atomic E-state index is 4.58. The van der Waals surface area contributed by atoms with Crippen LogP contribution >= 0.6 is 11.8 Å². The van der Waals surface area contributed by atoms with Crippen LogP contribution in [-0.2, 0) is 0 Å². The predicted molar refractivity (Wildman–Crippen MR) is 72.2 cm³/mol. The van der Waals surface area contributed by atoms with Gasteiger partial charge in [-0.15, -0.1) is 0 Å². The molecule has 0 bridgehead atoms. The van der Waals surface area contributed by atoms with Crippen molar-refractivity contribution in [1.82, 2.24) is 10.2 Å². The molecule has 1 N–H and O–H groups in total. The average molecular weight is 241 g/mol. The summed E-state index contributed by atoms with van der Waals surface area (Å²) in [5.74, 6) is 1.15.